The van der Waals surface area contributed by atoms with Crippen LogP contribution in [0.15, 0.2) is 41.6 Å². The number of halogens is 2. The molecule has 0 aliphatic carbocycles. The lowest BCUT2D eigenvalue weighted by atomic mass is 10.2. The van der Waals surface area contributed by atoms with Gasteiger partial charge in [-0.3, -0.25) is 14.7 Å². The van der Waals surface area contributed by atoms with Crippen LogP contribution in [-0.2, 0) is 19.6 Å². The first kappa shape index (κ1) is 22.3. The van der Waals surface area contributed by atoms with Crippen molar-refractivity contribution in [2.24, 2.45) is 5.73 Å². The van der Waals surface area contributed by atoms with E-state index < -0.39 is 33.9 Å². The van der Waals surface area contributed by atoms with Crippen LogP contribution >= 0.6 is 0 Å². The summed E-state index contributed by atoms with van der Waals surface area (Å²) in [7, 11) is -3.95. The number of ether oxygens (including phenoxy) is 1. The van der Waals surface area contributed by atoms with E-state index in [0.29, 0.717) is 0 Å². The number of amides is 1. The lowest BCUT2D eigenvalue weighted by Gasteiger charge is -2.24. The van der Waals surface area contributed by atoms with Gasteiger partial charge in [0, 0.05) is 44.2 Å². The molecule has 2 N–H and O–H groups in total. The van der Waals surface area contributed by atoms with Crippen LogP contribution in [0.25, 0.3) is 0 Å². The summed E-state index contributed by atoms with van der Waals surface area (Å²) in [6.45, 7) is -0.0382. The van der Waals surface area contributed by atoms with Gasteiger partial charge >= 0.3 is 6.09 Å². The topological polar surface area (TPSA) is 118 Å². The third kappa shape index (κ3) is 4.24. The first-order chi connectivity index (χ1) is 15.3. The molecule has 1 amide bonds. The molecule has 4 rings (SSSR count). The number of aromatic nitrogens is 1. The highest BCUT2D eigenvalue weighted by molar-refractivity contribution is 7.89. The highest BCUT2D eigenvalue weighted by atomic mass is 32.2. The number of nitrogens with two attached hydrogens (primary N) is 1. The monoisotopic (exact) mass is 469 g/mol. The van der Waals surface area contributed by atoms with Gasteiger partial charge in [0.1, 0.15) is 11.8 Å². The van der Waals surface area contributed by atoms with Gasteiger partial charge in [0.2, 0.25) is 0 Å². The Morgan fingerprint density at radius 3 is 2.44 bits per heavy atom. The van der Waals surface area contributed by atoms with Crippen LogP contribution in [0.3, 0.4) is 0 Å². The van der Waals surface area contributed by atoms with Crippen LogP contribution in [0, 0.1) is 11.6 Å². The van der Waals surface area contributed by atoms with E-state index in [9.17, 15) is 22.0 Å². The standard InChI is InChI=1S/C19H21F2N5O5S/c20-16-9-13(25-12-14(11-22)31-19(25)27)10-17(21)18(16)24-5-6-26(30-8-7-24)32(28,29)15-1-3-23-4-2-15/h1-4,9-10,14H,5-8,11-12,22H2/t14-/m0/s1. The summed E-state index contributed by atoms with van der Waals surface area (Å²) in [6, 6.07) is 4.74. The molecule has 0 bridgehead atoms. The summed E-state index contributed by atoms with van der Waals surface area (Å²) in [5.74, 6) is -1.79. The highest BCUT2D eigenvalue weighted by Crippen LogP contribution is 2.31. The van der Waals surface area contributed by atoms with E-state index >= 15 is 0 Å². The number of benzene rings is 1. The van der Waals surface area contributed by atoms with Gasteiger partial charge in [-0.15, -0.1) is 0 Å². The molecule has 2 saturated heterocycles. The maximum Gasteiger partial charge on any atom is 0.414 e. The third-order valence-corrected chi connectivity index (χ3v) is 6.82. The Kier molecular flexibility index (Phi) is 6.24. The smallest absolute Gasteiger partial charge is 0.414 e. The van der Waals surface area contributed by atoms with Crippen LogP contribution in [-0.4, -0.2) is 69.4 Å². The zero-order valence-electron chi connectivity index (χ0n) is 16.9. The number of hydrogen-bond acceptors (Lipinski definition) is 8. The van der Waals surface area contributed by atoms with Crippen molar-refractivity contribution in [2.45, 2.75) is 11.0 Å². The molecule has 3 heterocycles. The summed E-state index contributed by atoms with van der Waals surface area (Å²) in [6.07, 6.45) is 1.40. The second kappa shape index (κ2) is 8.94. The Morgan fingerprint density at radius 2 is 1.81 bits per heavy atom. The molecule has 0 radical (unpaired) electrons. The van der Waals surface area contributed by atoms with Gasteiger partial charge in [0.25, 0.3) is 10.0 Å². The van der Waals surface area contributed by atoms with E-state index in [4.69, 9.17) is 15.3 Å². The summed E-state index contributed by atoms with van der Waals surface area (Å²) < 4.78 is 61.1. The average Bonchev–Trinajstić information content (AvgIpc) is 2.98. The van der Waals surface area contributed by atoms with Crippen LogP contribution in [0.4, 0.5) is 25.0 Å². The van der Waals surface area contributed by atoms with Gasteiger partial charge in [-0.05, 0) is 12.1 Å². The lowest BCUT2D eigenvalue weighted by Crippen LogP contribution is -2.35. The molecule has 10 nitrogen and oxygen atoms in total. The quantitative estimate of drug-likeness (QED) is 0.691. The van der Waals surface area contributed by atoms with Gasteiger partial charge in [-0.2, -0.15) is 0 Å². The molecule has 1 aromatic heterocycles. The maximum atomic E-state index is 14.9. The van der Waals surface area contributed by atoms with Gasteiger partial charge < -0.3 is 15.4 Å². The fourth-order valence-electron chi connectivity index (χ4n) is 3.54. The third-order valence-electron chi connectivity index (χ3n) is 5.13. The van der Waals surface area contributed by atoms with Crippen molar-refractivity contribution in [3.8, 4) is 0 Å². The van der Waals surface area contributed by atoms with Crippen LogP contribution < -0.4 is 15.5 Å². The Labute approximate surface area is 183 Å². The number of pyridine rings is 1. The molecule has 2 aromatic rings. The van der Waals surface area contributed by atoms with Gasteiger partial charge in [0.15, 0.2) is 11.6 Å². The fourth-order valence-corrected chi connectivity index (χ4v) is 4.77. The summed E-state index contributed by atoms with van der Waals surface area (Å²) in [4.78, 5) is 23.6. The first-order valence-corrected chi connectivity index (χ1v) is 11.2. The number of hydroxylamine groups is 1. The number of carbonyl (C=O) groups excluding carboxylic acids is 1. The molecule has 13 heteroatoms. The minimum atomic E-state index is -3.95. The zero-order valence-corrected chi connectivity index (χ0v) is 17.7. The number of sulfonamides is 1. The van der Waals surface area contributed by atoms with E-state index in [0.717, 1.165) is 21.5 Å². The molecule has 2 aliphatic rings. The molecule has 1 atom stereocenters. The van der Waals surface area contributed by atoms with Crippen LogP contribution in [0.5, 0.6) is 0 Å². The Hall–Kier alpha value is -2.87. The molecular formula is C19H21F2N5O5S. The maximum absolute atomic E-state index is 14.9. The number of carbonyl (C=O) groups is 1. The van der Waals surface area contributed by atoms with Gasteiger partial charge in [-0.1, -0.05) is 4.47 Å². The van der Waals surface area contributed by atoms with Crippen molar-refractivity contribution in [3.05, 3.63) is 48.3 Å². The molecule has 32 heavy (non-hydrogen) atoms. The predicted molar refractivity (Wildman–Crippen MR) is 109 cm³/mol. The fraction of sp³-hybridized carbons (Fsp3) is 0.368. The number of cyclic esters (lactones) is 1. The van der Waals surface area contributed by atoms with Crippen molar-refractivity contribution >= 4 is 27.5 Å². The van der Waals surface area contributed by atoms with Crippen LogP contribution in [0.2, 0.25) is 0 Å². The molecule has 0 unspecified atom stereocenters. The second-order valence-electron chi connectivity index (χ2n) is 7.14. The Bertz CT molecular complexity index is 1080. The van der Waals surface area contributed by atoms with E-state index in [1.54, 1.807) is 0 Å². The van der Waals surface area contributed by atoms with Gasteiger partial charge in [-0.25, -0.2) is 22.0 Å². The minimum Gasteiger partial charge on any atom is -0.443 e. The van der Waals surface area contributed by atoms with Crippen molar-refractivity contribution in [1.29, 1.82) is 0 Å². The van der Waals surface area contributed by atoms with Gasteiger partial charge in [0.05, 0.1) is 30.3 Å². The normalized spacial score (nSPS) is 20.3. The molecule has 0 saturated carbocycles. The van der Waals surface area contributed by atoms with E-state index in [2.05, 4.69) is 4.98 Å². The summed E-state index contributed by atoms with van der Waals surface area (Å²) >= 11 is 0. The Balaban J connectivity index is 1.53. The van der Waals surface area contributed by atoms with E-state index in [-0.39, 0.29) is 55.6 Å². The Morgan fingerprint density at radius 1 is 1.12 bits per heavy atom. The number of hydrogen-bond donors (Lipinski definition) is 1. The van der Waals surface area contributed by atoms with Crippen molar-refractivity contribution in [3.63, 3.8) is 0 Å². The number of nitrogens with zero attached hydrogens (tertiary/aromatic N) is 4. The zero-order chi connectivity index (χ0) is 22.9. The van der Waals surface area contributed by atoms with Crippen LogP contribution in [0.1, 0.15) is 0 Å². The lowest BCUT2D eigenvalue weighted by molar-refractivity contribution is -0.0700. The molecule has 0 spiro atoms. The molecular weight excluding hydrogens is 448 g/mol. The molecule has 1 aromatic carbocycles. The first-order valence-electron chi connectivity index (χ1n) is 9.79. The molecule has 172 valence electrons. The van der Waals surface area contributed by atoms with Crippen molar-refractivity contribution in [1.82, 2.24) is 9.45 Å². The van der Waals surface area contributed by atoms with E-state index in [1.165, 1.54) is 29.4 Å². The SMILES string of the molecule is NC[C@H]1CN(c2cc(F)c(N3CCON(S(=O)(=O)c4ccncc4)CC3)c(F)c2)C(=O)O1. The second-order valence-corrected chi connectivity index (χ2v) is 8.97. The molecule has 2 fully saturated rings. The largest absolute Gasteiger partial charge is 0.443 e. The highest BCUT2D eigenvalue weighted by Gasteiger charge is 2.34. The molecule has 2 aliphatic heterocycles. The summed E-state index contributed by atoms with van der Waals surface area (Å²) in [5, 5.41) is 0. The minimum absolute atomic E-state index is 0.00375. The predicted octanol–water partition coefficient (Wildman–Crippen LogP) is 1.09. The summed E-state index contributed by atoms with van der Waals surface area (Å²) in [5.41, 5.74) is 5.17. The number of anilines is 2. The van der Waals surface area contributed by atoms with Crippen molar-refractivity contribution < 1.29 is 31.6 Å². The van der Waals surface area contributed by atoms with E-state index in [1.807, 2.05) is 0 Å². The number of rotatable bonds is 5. The van der Waals surface area contributed by atoms with Crippen molar-refractivity contribution in [2.75, 3.05) is 49.1 Å². The average molecular weight is 469 g/mol.